The molecule has 0 unspecified atom stereocenters. The molecule has 9 heteroatoms. The van der Waals surface area contributed by atoms with E-state index in [2.05, 4.69) is 9.72 Å². The fourth-order valence-corrected chi connectivity index (χ4v) is 1.81. The summed E-state index contributed by atoms with van der Waals surface area (Å²) in [6, 6.07) is 6.35. The van der Waals surface area contributed by atoms with E-state index in [1.807, 2.05) is 0 Å². The lowest BCUT2D eigenvalue weighted by atomic mass is 10.1. The Bertz CT molecular complexity index is 724. The molecular weight excluding hydrogens is 328 g/mol. The Hall–Kier alpha value is -2.58. The SMILES string of the molecule is O=Cc1ccc(-c2cccc(OC(F)(F)F)c2)nc1C(F)(F)F. The van der Waals surface area contributed by atoms with E-state index in [0.29, 0.717) is 0 Å². The molecule has 0 bridgehead atoms. The van der Waals surface area contributed by atoms with Crippen LogP contribution in [0.25, 0.3) is 11.3 Å². The van der Waals surface area contributed by atoms with Crippen LogP contribution in [0.5, 0.6) is 5.75 Å². The van der Waals surface area contributed by atoms with Crippen molar-refractivity contribution in [1.82, 2.24) is 4.98 Å². The second-order valence-corrected chi connectivity index (χ2v) is 4.33. The van der Waals surface area contributed by atoms with Gasteiger partial charge in [0.2, 0.25) is 0 Å². The summed E-state index contributed by atoms with van der Waals surface area (Å²) in [6.45, 7) is 0. The van der Waals surface area contributed by atoms with Crippen molar-refractivity contribution in [3.63, 3.8) is 0 Å². The zero-order valence-corrected chi connectivity index (χ0v) is 11.1. The van der Waals surface area contributed by atoms with Gasteiger partial charge in [0.15, 0.2) is 12.0 Å². The van der Waals surface area contributed by atoms with E-state index < -0.39 is 29.5 Å². The molecule has 0 radical (unpaired) electrons. The molecule has 1 aromatic heterocycles. The minimum absolute atomic E-state index is 0.00277. The van der Waals surface area contributed by atoms with E-state index in [1.165, 1.54) is 12.1 Å². The van der Waals surface area contributed by atoms with Crippen molar-refractivity contribution in [2.24, 2.45) is 0 Å². The molecule has 0 aliphatic carbocycles. The van der Waals surface area contributed by atoms with Gasteiger partial charge in [-0.2, -0.15) is 13.2 Å². The van der Waals surface area contributed by atoms with E-state index in [4.69, 9.17) is 0 Å². The number of hydrogen-bond acceptors (Lipinski definition) is 3. The second kappa shape index (κ2) is 5.90. The third-order valence-corrected chi connectivity index (χ3v) is 2.69. The Kier molecular flexibility index (Phi) is 4.31. The fourth-order valence-electron chi connectivity index (χ4n) is 1.81. The van der Waals surface area contributed by atoms with Gasteiger partial charge in [0.05, 0.1) is 5.69 Å². The number of carbonyl (C=O) groups is 1. The van der Waals surface area contributed by atoms with Crippen LogP contribution < -0.4 is 4.74 Å². The Balaban J connectivity index is 2.47. The molecule has 0 saturated heterocycles. The zero-order chi connectivity index (χ0) is 17.3. The standard InChI is InChI=1S/C14H7F6NO2/c15-13(16,17)12-9(7-22)4-5-11(21-12)8-2-1-3-10(6-8)23-14(18,19)20/h1-7H. The first-order valence-corrected chi connectivity index (χ1v) is 6.00. The van der Waals surface area contributed by atoms with Crippen molar-refractivity contribution < 1.29 is 35.9 Å². The number of alkyl halides is 6. The summed E-state index contributed by atoms with van der Waals surface area (Å²) in [6.07, 6.45) is -9.79. The summed E-state index contributed by atoms with van der Waals surface area (Å²) in [5.41, 5.74) is -2.33. The largest absolute Gasteiger partial charge is 0.573 e. The molecule has 0 spiro atoms. The smallest absolute Gasteiger partial charge is 0.406 e. The first-order valence-electron chi connectivity index (χ1n) is 6.00. The molecule has 23 heavy (non-hydrogen) atoms. The lowest BCUT2D eigenvalue weighted by molar-refractivity contribution is -0.274. The molecule has 0 aliphatic heterocycles. The van der Waals surface area contributed by atoms with Gasteiger partial charge in [-0.25, -0.2) is 4.98 Å². The average molecular weight is 335 g/mol. The van der Waals surface area contributed by atoms with Crippen molar-refractivity contribution in [2.75, 3.05) is 0 Å². The topological polar surface area (TPSA) is 39.2 Å². The summed E-state index contributed by atoms with van der Waals surface area (Å²) in [5.74, 6) is -0.593. The fraction of sp³-hybridized carbons (Fsp3) is 0.143. The first-order chi connectivity index (χ1) is 10.6. The number of pyridine rings is 1. The number of hydrogen-bond donors (Lipinski definition) is 0. The Morgan fingerprint density at radius 3 is 2.26 bits per heavy atom. The molecule has 0 amide bonds. The number of nitrogens with zero attached hydrogens (tertiary/aromatic N) is 1. The van der Waals surface area contributed by atoms with Gasteiger partial charge in [-0.05, 0) is 24.3 Å². The average Bonchev–Trinajstić information content (AvgIpc) is 2.44. The summed E-state index contributed by atoms with van der Waals surface area (Å²) in [4.78, 5) is 14.0. The number of halogens is 6. The van der Waals surface area contributed by atoms with Crippen molar-refractivity contribution in [2.45, 2.75) is 12.5 Å². The van der Waals surface area contributed by atoms with Gasteiger partial charge in [-0.1, -0.05) is 12.1 Å². The van der Waals surface area contributed by atoms with Gasteiger partial charge < -0.3 is 4.74 Å². The highest BCUT2D eigenvalue weighted by atomic mass is 19.4. The molecule has 0 N–H and O–H groups in total. The van der Waals surface area contributed by atoms with Crippen LogP contribution in [0.4, 0.5) is 26.3 Å². The number of aromatic nitrogens is 1. The highest BCUT2D eigenvalue weighted by Crippen LogP contribution is 2.33. The molecule has 1 heterocycles. The summed E-state index contributed by atoms with van der Waals surface area (Å²) < 4.78 is 78.7. The predicted octanol–water partition coefficient (Wildman–Crippen LogP) is 4.48. The van der Waals surface area contributed by atoms with Crippen LogP contribution in [0.15, 0.2) is 36.4 Å². The zero-order valence-electron chi connectivity index (χ0n) is 11.1. The van der Waals surface area contributed by atoms with Gasteiger partial charge in [-0.3, -0.25) is 4.79 Å². The highest BCUT2D eigenvalue weighted by molar-refractivity contribution is 5.78. The van der Waals surface area contributed by atoms with E-state index in [0.717, 1.165) is 24.3 Å². The molecule has 122 valence electrons. The maximum atomic E-state index is 12.8. The van der Waals surface area contributed by atoms with Gasteiger partial charge in [0, 0.05) is 11.1 Å². The Morgan fingerprint density at radius 2 is 1.70 bits per heavy atom. The summed E-state index contributed by atoms with van der Waals surface area (Å²) in [5, 5.41) is 0. The molecule has 0 atom stereocenters. The minimum atomic E-state index is -4.93. The highest BCUT2D eigenvalue weighted by Gasteiger charge is 2.36. The number of aldehydes is 1. The van der Waals surface area contributed by atoms with Crippen molar-refractivity contribution >= 4 is 6.29 Å². The van der Waals surface area contributed by atoms with Crippen LogP contribution in [0.1, 0.15) is 16.1 Å². The van der Waals surface area contributed by atoms with Crippen molar-refractivity contribution in [3.8, 4) is 17.0 Å². The van der Waals surface area contributed by atoms with Gasteiger partial charge in [0.25, 0.3) is 0 Å². The molecule has 0 fully saturated rings. The Morgan fingerprint density at radius 1 is 1.00 bits per heavy atom. The van der Waals surface area contributed by atoms with Crippen LogP contribution >= 0.6 is 0 Å². The van der Waals surface area contributed by atoms with Crippen molar-refractivity contribution in [1.29, 1.82) is 0 Å². The maximum Gasteiger partial charge on any atom is 0.573 e. The lowest BCUT2D eigenvalue weighted by Crippen LogP contribution is -2.17. The van der Waals surface area contributed by atoms with Crippen LogP contribution in [0.2, 0.25) is 0 Å². The maximum absolute atomic E-state index is 12.8. The third kappa shape index (κ3) is 4.21. The first kappa shape index (κ1) is 16.8. The van der Waals surface area contributed by atoms with Gasteiger partial charge in [-0.15, -0.1) is 13.2 Å². The van der Waals surface area contributed by atoms with Crippen LogP contribution in [-0.4, -0.2) is 17.6 Å². The molecule has 3 nitrogen and oxygen atoms in total. The van der Waals surface area contributed by atoms with Crippen LogP contribution in [0.3, 0.4) is 0 Å². The van der Waals surface area contributed by atoms with Crippen LogP contribution in [-0.2, 0) is 6.18 Å². The molecular formula is C14H7F6NO2. The monoisotopic (exact) mass is 335 g/mol. The predicted molar refractivity (Wildman–Crippen MR) is 66.7 cm³/mol. The number of benzene rings is 1. The Labute approximate surface area is 125 Å². The number of carbonyl (C=O) groups excluding carboxylic acids is 1. The van der Waals surface area contributed by atoms with Gasteiger partial charge >= 0.3 is 12.5 Å². The molecule has 1 aromatic carbocycles. The quantitative estimate of drug-likeness (QED) is 0.613. The minimum Gasteiger partial charge on any atom is -0.406 e. The van der Waals surface area contributed by atoms with E-state index in [9.17, 15) is 31.1 Å². The van der Waals surface area contributed by atoms with Crippen LogP contribution in [0, 0.1) is 0 Å². The van der Waals surface area contributed by atoms with Gasteiger partial charge in [0.1, 0.15) is 5.75 Å². The third-order valence-electron chi connectivity index (χ3n) is 2.69. The molecule has 2 aromatic rings. The number of rotatable bonds is 3. The normalized spacial score (nSPS) is 12.1. The van der Waals surface area contributed by atoms with E-state index in [-0.39, 0.29) is 17.5 Å². The van der Waals surface area contributed by atoms with E-state index >= 15 is 0 Å². The van der Waals surface area contributed by atoms with Crippen molar-refractivity contribution in [3.05, 3.63) is 47.7 Å². The molecule has 0 aliphatic rings. The molecule has 2 rings (SSSR count). The second-order valence-electron chi connectivity index (χ2n) is 4.33. The summed E-state index contributed by atoms with van der Waals surface area (Å²) in [7, 11) is 0. The molecule has 0 saturated carbocycles. The van der Waals surface area contributed by atoms with E-state index in [1.54, 1.807) is 0 Å². The lowest BCUT2D eigenvalue weighted by Gasteiger charge is -2.12. The number of ether oxygens (including phenoxy) is 1. The summed E-state index contributed by atoms with van der Waals surface area (Å²) >= 11 is 0.